The monoisotopic (exact) mass is 308 g/mol. The van der Waals surface area contributed by atoms with Crippen LogP contribution in [0.15, 0.2) is 18.3 Å². The minimum absolute atomic E-state index is 0.336. The Balaban J connectivity index is 2.93. The topological polar surface area (TPSA) is 33.2 Å². The molecule has 0 fully saturated rings. The summed E-state index contributed by atoms with van der Waals surface area (Å²) in [4.78, 5) is 3.83. The number of alkyl halides is 3. The number of pyridine rings is 1. The van der Waals surface area contributed by atoms with E-state index in [0.717, 1.165) is 12.3 Å². The number of aromatic nitrogens is 1. The molecule has 3 nitrogen and oxygen atoms in total. The Morgan fingerprint density at radius 3 is 2.15 bits per heavy atom. The first kappa shape index (κ1) is 17.1. The highest BCUT2D eigenvalue weighted by atomic mass is 32.2. The van der Waals surface area contributed by atoms with Gasteiger partial charge in [0, 0.05) is 13.2 Å². The predicted octanol–water partition coefficient (Wildman–Crippen LogP) is 3.56. The first-order valence-electron chi connectivity index (χ1n) is 6.12. The van der Waals surface area contributed by atoms with Crippen LogP contribution < -0.4 is 0 Å². The third-order valence-corrected chi connectivity index (χ3v) is 4.76. The Morgan fingerprint density at radius 1 is 1.25 bits per heavy atom. The summed E-state index contributed by atoms with van der Waals surface area (Å²) in [5.74, 6) is 0. The molecule has 2 atom stereocenters. The van der Waals surface area contributed by atoms with Crippen LogP contribution in [0.2, 0.25) is 0 Å². The molecule has 1 aromatic heterocycles. The zero-order valence-corrected chi connectivity index (χ0v) is 13.0. The summed E-state index contributed by atoms with van der Waals surface area (Å²) in [5.41, 5.74) is -0.328. The highest BCUT2D eigenvalue weighted by molar-refractivity contribution is 7.84. The average Bonchev–Trinajstić information content (AvgIpc) is 2.34. The summed E-state index contributed by atoms with van der Waals surface area (Å²) in [7, 11) is 0.408. The molecule has 0 saturated carbocycles. The van der Waals surface area contributed by atoms with E-state index in [-0.39, 0.29) is 6.04 Å². The minimum atomic E-state index is -4.39. The van der Waals surface area contributed by atoms with E-state index in [1.165, 1.54) is 6.07 Å². The second-order valence-electron chi connectivity index (χ2n) is 5.55. The molecule has 0 bridgehead atoms. The number of hydrogen-bond donors (Lipinski definition) is 0. The van der Waals surface area contributed by atoms with Gasteiger partial charge in [0.25, 0.3) is 0 Å². The van der Waals surface area contributed by atoms with Gasteiger partial charge < -0.3 is 0 Å². The summed E-state index contributed by atoms with van der Waals surface area (Å²) in [6, 6.07) is 1.98. The number of nitrogens with zero attached hydrogens (tertiary/aromatic N) is 2. The van der Waals surface area contributed by atoms with Crippen LogP contribution in [0.5, 0.6) is 0 Å². The Hall–Kier alpha value is -0.950. The third-order valence-electron chi connectivity index (χ3n) is 2.87. The molecule has 114 valence electrons. The third kappa shape index (κ3) is 4.02. The first-order valence-corrected chi connectivity index (χ1v) is 7.23. The molecule has 0 aliphatic carbocycles. The molecule has 20 heavy (non-hydrogen) atoms. The lowest BCUT2D eigenvalue weighted by Gasteiger charge is -2.29. The fourth-order valence-corrected chi connectivity index (χ4v) is 2.84. The quantitative estimate of drug-likeness (QED) is 0.855. The van der Waals surface area contributed by atoms with E-state index in [9.17, 15) is 17.4 Å². The van der Waals surface area contributed by atoms with Gasteiger partial charge in [-0.05, 0) is 39.8 Å². The van der Waals surface area contributed by atoms with Gasteiger partial charge in [-0.15, -0.1) is 0 Å². The summed E-state index contributed by atoms with van der Waals surface area (Å²) < 4.78 is 50.8. The molecular formula is C13H19F3N2OS. The highest BCUT2D eigenvalue weighted by Gasteiger charge is 2.32. The fourth-order valence-electron chi connectivity index (χ4n) is 1.58. The van der Waals surface area contributed by atoms with Crippen molar-refractivity contribution < 1.29 is 17.4 Å². The van der Waals surface area contributed by atoms with Crippen molar-refractivity contribution in [2.24, 2.45) is 0 Å². The summed E-state index contributed by atoms with van der Waals surface area (Å²) in [6.07, 6.45) is -3.59. The van der Waals surface area contributed by atoms with Gasteiger partial charge in [-0.1, -0.05) is 0 Å². The smallest absolute Gasteiger partial charge is 0.259 e. The molecule has 0 radical (unpaired) electrons. The van der Waals surface area contributed by atoms with Crippen LogP contribution in [0.4, 0.5) is 13.2 Å². The van der Waals surface area contributed by atoms with Crippen LogP contribution in [0.3, 0.4) is 0 Å². The van der Waals surface area contributed by atoms with Crippen LogP contribution in [0.1, 0.15) is 45.0 Å². The lowest BCUT2D eigenvalue weighted by molar-refractivity contribution is -0.137. The number of halogens is 3. The molecule has 0 saturated heterocycles. The highest BCUT2D eigenvalue weighted by Crippen LogP contribution is 2.30. The maximum absolute atomic E-state index is 12.5. The van der Waals surface area contributed by atoms with Crippen molar-refractivity contribution in [2.75, 3.05) is 7.05 Å². The first-order chi connectivity index (χ1) is 8.94. The molecule has 0 aliphatic heterocycles. The molecule has 1 rings (SSSR count). The second kappa shape index (κ2) is 5.81. The van der Waals surface area contributed by atoms with E-state index in [2.05, 4.69) is 4.98 Å². The van der Waals surface area contributed by atoms with Crippen molar-refractivity contribution in [1.29, 1.82) is 0 Å². The fraction of sp³-hybridized carbons (Fsp3) is 0.615. The molecule has 0 aromatic carbocycles. The average molecular weight is 308 g/mol. The van der Waals surface area contributed by atoms with Crippen LogP contribution in [-0.4, -0.2) is 25.3 Å². The van der Waals surface area contributed by atoms with Crippen LogP contribution in [-0.2, 0) is 17.2 Å². The Kier molecular flexibility index (Phi) is 4.97. The lowest BCUT2D eigenvalue weighted by atomic mass is 10.2. The van der Waals surface area contributed by atoms with Gasteiger partial charge in [-0.2, -0.15) is 13.2 Å². The Morgan fingerprint density at radius 2 is 1.80 bits per heavy atom. The van der Waals surface area contributed by atoms with E-state index >= 15 is 0 Å². The van der Waals surface area contributed by atoms with E-state index in [0.29, 0.717) is 5.69 Å². The van der Waals surface area contributed by atoms with Gasteiger partial charge in [0.05, 0.1) is 22.0 Å². The minimum Gasteiger partial charge on any atom is -0.259 e. The standard InChI is InChI=1S/C13H19F3N2OS/c1-9(18(5)20(19)12(2,3)4)11-7-6-10(8-17-11)13(14,15)16/h6-9H,1-5H3/t9-,20+/m0/s1. The van der Waals surface area contributed by atoms with Crippen molar-refractivity contribution >= 4 is 11.0 Å². The maximum Gasteiger partial charge on any atom is 0.417 e. The number of rotatable bonds is 3. The molecule has 1 aromatic rings. The van der Waals surface area contributed by atoms with Crippen molar-refractivity contribution in [3.8, 4) is 0 Å². The lowest BCUT2D eigenvalue weighted by Crippen LogP contribution is -2.36. The molecular weight excluding hydrogens is 289 g/mol. The molecule has 0 N–H and O–H groups in total. The van der Waals surface area contributed by atoms with Crippen molar-refractivity contribution in [3.63, 3.8) is 0 Å². The SMILES string of the molecule is C[C@@H](c1ccc(C(F)(F)F)cn1)N(C)[S@](=O)C(C)(C)C. The second-order valence-corrected chi connectivity index (χ2v) is 7.85. The Labute approximate surface area is 119 Å². The maximum atomic E-state index is 12.5. The van der Waals surface area contributed by atoms with Crippen LogP contribution >= 0.6 is 0 Å². The van der Waals surface area contributed by atoms with E-state index in [1.54, 1.807) is 18.3 Å². The van der Waals surface area contributed by atoms with Crippen molar-refractivity contribution in [2.45, 2.75) is 44.7 Å². The van der Waals surface area contributed by atoms with E-state index in [4.69, 9.17) is 0 Å². The van der Waals surface area contributed by atoms with E-state index in [1.807, 2.05) is 20.8 Å². The van der Waals surface area contributed by atoms with Crippen LogP contribution in [0, 0.1) is 0 Å². The van der Waals surface area contributed by atoms with Gasteiger partial charge >= 0.3 is 6.18 Å². The normalized spacial score (nSPS) is 16.2. The molecule has 1 heterocycles. The Bertz CT molecular complexity index is 480. The van der Waals surface area contributed by atoms with Crippen LogP contribution in [0.25, 0.3) is 0 Å². The van der Waals surface area contributed by atoms with Gasteiger partial charge in [0.15, 0.2) is 0 Å². The zero-order chi connectivity index (χ0) is 15.7. The summed E-state index contributed by atoms with van der Waals surface area (Å²) in [6.45, 7) is 7.28. The van der Waals surface area contributed by atoms with Crippen molar-refractivity contribution in [3.05, 3.63) is 29.6 Å². The van der Waals surface area contributed by atoms with Gasteiger partial charge in [-0.3, -0.25) is 4.98 Å². The predicted molar refractivity (Wildman–Crippen MR) is 73.3 cm³/mol. The molecule has 0 unspecified atom stereocenters. The zero-order valence-electron chi connectivity index (χ0n) is 12.2. The van der Waals surface area contributed by atoms with E-state index < -0.39 is 27.5 Å². The van der Waals surface area contributed by atoms with Gasteiger partial charge in [0.2, 0.25) is 0 Å². The molecule has 7 heteroatoms. The molecule has 0 spiro atoms. The van der Waals surface area contributed by atoms with Gasteiger partial charge in [0.1, 0.15) is 11.0 Å². The molecule has 0 amide bonds. The summed E-state index contributed by atoms with van der Waals surface area (Å²) >= 11 is 0. The largest absolute Gasteiger partial charge is 0.417 e. The van der Waals surface area contributed by atoms with Crippen molar-refractivity contribution in [1.82, 2.24) is 9.29 Å². The summed E-state index contributed by atoms with van der Waals surface area (Å²) in [5, 5.41) is 0. The van der Waals surface area contributed by atoms with Gasteiger partial charge in [-0.25, -0.2) is 8.51 Å². The molecule has 0 aliphatic rings. The number of hydrogen-bond acceptors (Lipinski definition) is 2.